The lowest BCUT2D eigenvalue weighted by Crippen LogP contribution is -2.24. The molecule has 0 aliphatic heterocycles. The van der Waals surface area contributed by atoms with E-state index in [2.05, 4.69) is 6.92 Å². The van der Waals surface area contributed by atoms with Gasteiger partial charge in [-0.1, -0.05) is 104 Å². The Hall–Kier alpha value is -0.700. The van der Waals surface area contributed by atoms with E-state index in [0.29, 0.717) is 6.61 Å². The van der Waals surface area contributed by atoms with Crippen molar-refractivity contribution in [1.29, 1.82) is 0 Å². The third-order valence-electron chi connectivity index (χ3n) is 6.10. The zero-order chi connectivity index (χ0) is 19.3. The largest absolute Gasteiger partial charge is 0.365 e. The summed E-state index contributed by atoms with van der Waals surface area (Å²) in [6.07, 6.45) is 22.3. The van der Waals surface area contributed by atoms with Crippen molar-refractivity contribution < 1.29 is 14.3 Å². The van der Waals surface area contributed by atoms with Crippen LogP contribution in [0, 0.1) is 11.3 Å². The van der Waals surface area contributed by atoms with Gasteiger partial charge in [-0.3, -0.25) is 9.59 Å². The Morgan fingerprint density at radius 1 is 0.731 bits per heavy atom. The predicted molar refractivity (Wildman–Crippen MR) is 108 cm³/mol. The Morgan fingerprint density at radius 3 is 1.50 bits per heavy atom. The second-order valence-corrected chi connectivity index (χ2v) is 8.55. The van der Waals surface area contributed by atoms with Crippen LogP contribution in [0.1, 0.15) is 111 Å². The second kappa shape index (κ2) is 12.6. The highest BCUT2D eigenvalue weighted by molar-refractivity contribution is 5.83. The van der Waals surface area contributed by atoms with Gasteiger partial charge in [0, 0.05) is 12.0 Å². The minimum Gasteiger partial charge on any atom is -0.365 e. The van der Waals surface area contributed by atoms with E-state index in [1.807, 2.05) is 26.4 Å². The average Bonchev–Trinajstić information content (AvgIpc) is 3.12. The van der Waals surface area contributed by atoms with Crippen LogP contribution in [0.15, 0.2) is 0 Å². The molecule has 0 heterocycles. The van der Waals surface area contributed by atoms with Gasteiger partial charge in [-0.25, -0.2) is 0 Å². The number of rotatable bonds is 18. The minimum absolute atomic E-state index is 0.452. The molecule has 3 heteroatoms. The molecule has 0 aromatic carbocycles. The standard InChI is InChI=1S/C23H40O3/c1-4-5-6-7-8-9-10-11-12-13-14-15-16-17-18-26-23(20-25)21(19-24)22(23,2)3/h21H,4-18H2,1-3H3. The molecule has 0 saturated heterocycles. The van der Waals surface area contributed by atoms with Gasteiger partial charge in [0.05, 0.1) is 5.92 Å². The van der Waals surface area contributed by atoms with Crippen LogP contribution in [0.4, 0.5) is 0 Å². The van der Waals surface area contributed by atoms with Crippen LogP contribution in [0.25, 0.3) is 0 Å². The fourth-order valence-electron chi connectivity index (χ4n) is 3.97. The normalized spacial score (nSPS) is 23.7. The van der Waals surface area contributed by atoms with Crippen molar-refractivity contribution in [2.45, 2.75) is 116 Å². The van der Waals surface area contributed by atoms with Gasteiger partial charge in [-0.2, -0.15) is 0 Å². The quantitative estimate of drug-likeness (QED) is 0.276. The average molecular weight is 365 g/mol. The summed E-state index contributed by atoms with van der Waals surface area (Å²) in [5.74, 6) is -0.459. The van der Waals surface area contributed by atoms with Gasteiger partial charge in [0.25, 0.3) is 0 Å². The molecule has 0 spiro atoms. The Balaban J connectivity index is 1.87. The molecule has 0 amide bonds. The Morgan fingerprint density at radius 2 is 1.15 bits per heavy atom. The van der Waals surface area contributed by atoms with E-state index in [-0.39, 0.29) is 0 Å². The van der Waals surface area contributed by atoms with Gasteiger partial charge >= 0.3 is 0 Å². The van der Waals surface area contributed by atoms with E-state index >= 15 is 0 Å². The van der Waals surface area contributed by atoms with Crippen molar-refractivity contribution in [3.8, 4) is 0 Å². The van der Waals surface area contributed by atoms with E-state index < -0.39 is 16.9 Å². The molecule has 0 aromatic heterocycles. The first-order chi connectivity index (χ1) is 12.6. The number of carbonyl (C=O) groups excluding carboxylic acids is 2. The third-order valence-corrected chi connectivity index (χ3v) is 6.10. The molecule has 150 valence electrons. The maximum absolute atomic E-state index is 11.2. The van der Waals surface area contributed by atoms with Crippen LogP contribution >= 0.6 is 0 Å². The number of ether oxygens (including phenoxy) is 1. The van der Waals surface area contributed by atoms with Gasteiger partial charge in [0.15, 0.2) is 5.60 Å². The summed E-state index contributed by atoms with van der Waals surface area (Å²) in [4.78, 5) is 22.2. The maximum Gasteiger partial charge on any atom is 0.234 e. The molecule has 0 aromatic rings. The third kappa shape index (κ3) is 6.79. The molecular weight excluding hydrogens is 324 g/mol. The molecule has 2 atom stereocenters. The van der Waals surface area contributed by atoms with E-state index in [4.69, 9.17) is 4.74 Å². The van der Waals surface area contributed by atoms with Crippen molar-refractivity contribution in [2.24, 2.45) is 11.3 Å². The molecule has 1 rings (SSSR count). The first kappa shape index (κ1) is 23.3. The second-order valence-electron chi connectivity index (χ2n) is 8.55. The highest BCUT2D eigenvalue weighted by Gasteiger charge is 2.74. The molecule has 1 aliphatic rings. The minimum atomic E-state index is -1.04. The summed E-state index contributed by atoms with van der Waals surface area (Å²) in [5.41, 5.74) is -1.49. The first-order valence-electron chi connectivity index (χ1n) is 11.0. The lowest BCUT2D eigenvalue weighted by atomic mass is 10.0. The van der Waals surface area contributed by atoms with Crippen LogP contribution in [0.3, 0.4) is 0 Å². The van der Waals surface area contributed by atoms with E-state index in [1.165, 1.54) is 77.0 Å². The van der Waals surface area contributed by atoms with Gasteiger partial charge < -0.3 is 4.74 Å². The fraction of sp³-hybridized carbons (Fsp3) is 0.913. The van der Waals surface area contributed by atoms with E-state index in [1.54, 1.807) is 0 Å². The van der Waals surface area contributed by atoms with E-state index in [0.717, 1.165) is 12.8 Å². The highest BCUT2D eigenvalue weighted by atomic mass is 16.5. The first-order valence-corrected chi connectivity index (χ1v) is 11.0. The molecule has 26 heavy (non-hydrogen) atoms. The van der Waals surface area contributed by atoms with Gasteiger partial charge in [-0.05, 0) is 6.42 Å². The molecule has 3 nitrogen and oxygen atoms in total. The summed E-state index contributed by atoms with van der Waals surface area (Å²) < 4.78 is 5.73. The fourth-order valence-corrected chi connectivity index (χ4v) is 3.97. The molecule has 2 unspecified atom stereocenters. The Kier molecular flexibility index (Phi) is 11.4. The van der Waals surface area contributed by atoms with Crippen molar-refractivity contribution >= 4 is 12.6 Å². The number of hydrogen-bond donors (Lipinski definition) is 0. The highest BCUT2D eigenvalue weighted by Crippen LogP contribution is 2.61. The Bertz CT molecular complexity index is 391. The van der Waals surface area contributed by atoms with Crippen molar-refractivity contribution in [2.75, 3.05) is 6.61 Å². The van der Waals surface area contributed by atoms with Crippen LogP contribution in [0.2, 0.25) is 0 Å². The van der Waals surface area contributed by atoms with Crippen LogP contribution in [-0.2, 0) is 14.3 Å². The lowest BCUT2D eigenvalue weighted by molar-refractivity contribution is 0.0480. The van der Waals surface area contributed by atoms with Crippen molar-refractivity contribution in [3.05, 3.63) is 0 Å². The summed E-state index contributed by atoms with van der Waals surface area (Å²) in [6, 6.07) is 0. The molecular formula is C23H40O3. The topological polar surface area (TPSA) is 43.4 Å². The zero-order valence-corrected chi connectivity index (χ0v) is 17.4. The molecule has 1 aliphatic carbocycles. The van der Waals surface area contributed by atoms with Crippen LogP contribution in [0.5, 0.6) is 0 Å². The lowest BCUT2D eigenvalue weighted by Gasteiger charge is -2.13. The number of hydrogen-bond acceptors (Lipinski definition) is 3. The van der Waals surface area contributed by atoms with Crippen LogP contribution < -0.4 is 0 Å². The monoisotopic (exact) mass is 364 g/mol. The smallest absolute Gasteiger partial charge is 0.234 e. The summed E-state index contributed by atoms with van der Waals surface area (Å²) in [7, 11) is 0. The predicted octanol–water partition coefficient (Wildman–Crippen LogP) is 6.10. The molecule has 2 radical (unpaired) electrons. The zero-order valence-electron chi connectivity index (χ0n) is 17.4. The van der Waals surface area contributed by atoms with Gasteiger partial charge in [0.2, 0.25) is 12.6 Å². The molecule has 1 fully saturated rings. The molecule has 0 bridgehead atoms. The van der Waals surface area contributed by atoms with Gasteiger partial charge in [-0.15, -0.1) is 0 Å². The van der Waals surface area contributed by atoms with Crippen molar-refractivity contribution in [3.63, 3.8) is 0 Å². The summed E-state index contributed by atoms with van der Waals surface area (Å²) in [5, 5.41) is 0. The van der Waals surface area contributed by atoms with E-state index in [9.17, 15) is 9.59 Å². The maximum atomic E-state index is 11.2. The van der Waals surface area contributed by atoms with Crippen LogP contribution in [-0.4, -0.2) is 24.8 Å². The molecule has 0 N–H and O–H groups in total. The molecule has 1 saturated carbocycles. The summed E-state index contributed by atoms with van der Waals surface area (Å²) in [6.45, 7) is 6.55. The van der Waals surface area contributed by atoms with Gasteiger partial charge in [0.1, 0.15) is 0 Å². The Labute approximate surface area is 161 Å². The van der Waals surface area contributed by atoms with Crippen molar-refractivity contribution in [1.82, 2.24) is 0 Å². The SMILES string of the molecule is CCCCCCCCCCCCCCCCOC1([C]=O)C([C]=O)C1(C)C. The number of unbranched alkanes of at least 4 members (excludes halogenated alkanes) is 13. The summed E-state index contributed by atoms with van der Waals surface area (Å²) >= 11 is 0.